The van der Waals surface area contributed by atoms with Gasteiger partial charge in [0.15, 0.2) is 0 Å². The molecule has 0 heterocycles. The summed E-state index contributed by atoms with van der Waals surface area (Å²) >= 11 is 1.60. The van der Waals surface area contributed by atoms with Crippen LogP contribution in [0.2, 0.25) is 0 Å². The first-order valence-electron chi connectivity index (χ1n) is 2.42. The minimum absolute atomic E-state index is 0.0236. The lowest BCUT2D eigenvalue weighted by Gasteiger charge is -2.00. The summed E-state index contributed by atoms with van der Waals surface area (Å²) in [5.41, 5.74) is 0.553. The van der Waals surface area contributed by atoms with Gasteiger partial charge in [0.25, 0.3) is 3.91 Å². The van der Waals surface area contributed by atoms with E-state index in [0.29, 0.717) is 12.1 Å². The number of halogens is 1. The van der Waals surface area contributed by atoms with Crippen LogP contribution in [0.15, 0.2) is 12.3 Å². The molecule has 4 heteroatoms. The van der Waals surface area contributed by atoms with Crippen molar-refractivity contribution in [2.45, 2.75) is 6.42 Å². The predicted molar refractivity (Wildman–Crippen MR) is 43.4 cm³/mol. The predicted octanol–water partition coefficient (Wildman–Crippen LogP) is 1.03. The van der Waals surface area contributed by atoms with Crippen molar-refractivity contribution in [2.24, 2.45) is 0 Å². The van der Waals surface area contributed by atoms with Gasteiger partial charge in [-0.2, -0.15) is 0 Å². The average Bonchev–Trinajstić information content (AvgIpc) is 1.63. The van der Waals surface area contributed by atoms with Gasteiger partial charge < -0.3 is 10.4 Å². The zero-order chi connectivity index (χ0) is 7.28. The van der Waals surface area contributed by atoms with Gasteiger partial charge in [-0.15, -0.1) is 0 Å². The van der Waals surface area contributed by atoms with Gasteiger partial charge in [0.05, 0.1) is 0 Å². The molecule has 0 aliphatic rings. The topological polar surface area (TPSA) is 49.3 Å². The van der Waals surface area contributed by atoms with Crippen LogP contribution >= 0.6 is 22.6 Å². The van der Waals surface area contributed by atoms with E-state index in [0.717, 1.165) is 0 Å². The SMILES string of the molecule is C=C(CCO)NC(=O)I. The lowest BCUT2D eigenvalue weighted by atomic mass is 10.4. The molecule has 0 fully saturated rings. The molecule has 1 amide bonds. The van der Waals surface area contributed by atoms with Crippen molar-refractivity contribution in [1.82, 2.24) is 5.32 Å². The molecule has 0 spiro atoms. The van der Waals surface area contributed by atoms with E-state index in [9.17, 15) is 4.79 Å². The van der Waals surface area contributed by atoms with Gasteiger partial charge in [-0.1, -0.05) is 6.58 Å². The molecule has 52 valence electrons. The summed E-state index contributed by atoms with van der Waals surface area (Å²) in [6, 6.07) is 0. The van der Waals surface area contributed by atoms with Crippen molar-refractivity contribution >= 4 is 26.5 Å². The Kier molecular flexibility index (Phi) is 4.70. The molecule has 0 rings (SSSR count). The fraction of sp³-hybridized carbons (Fsp3) is 0.400. The highest BCUT2D eigenvalue weighted by Gasteiger charge is 1.94. The second kappa shape index (κ2) is 4.75. The first-order valence-corrected chi connectivity index (χ1v) is 3.50. The van der Waals surface area contributed by atoms with Crippen LogP contribution in [0.1, 0.15) is 6.42 Å². The number of aliphatic hydroxyl groups is 1. The lowest BCUT2D eigenvalue weighted by Crippen LogP contribution is -2.14. The third kappa shape index (κ3) is 5.78. The number of hydrogen-bond acceptors (Lipinski definition) is 2. The molecule has 0 aromatic rings. The summed E-state index contributed by atoms with van der Waals surface area (Å²) in [5.74, 6) is 0. The Hall–Kier alpha value is -0.100. The monoisotopic (exact) mass is 241 g/mol. The first-order chi connectivity index (χ1) is 4.16. The Morgan fingerprint density at radius 3 is 2.67 bits per heavy atom. The number of carbonyl (C=O) groups excluding carboxylic acids is 1. The number of hydrogen-bond donors (Lipinski definition) is 2. The van der Waals surface area contributed by atoms with E-state index < -0.39 is 0 Å². The highest BCUT2D eigenvalue weighted by Crippen LogP contribution is 1.93. The van der Waals surface area contributed by atoms with Crippen LogP contribution in [-0.4, -0.2) is 15.6 Å². The van der Waals surface area contributed by atoms with Gasteiger partial charge in [-0.25, -0.2) is 0 Å². The van der Waals surface area contributed by atoms with Crippen molar-refractivity contribution in [3.63, 3.8) is 0 Å². The Morgan fingerprint density at radius 2 is 2.33 bits per heavy atom. The maximum Gasteiger partial charge on any atom is 0.284 e. The van der Waals surface area contributed by atoms with Crippen molar-refractivity contribution in [3.05, 3.63) is 12.3 Å². The number of aliphatic hydroxyl groups excluding tert-OH is 1. The number of amides is 1. The molecular formula is C5H8INO2. The van der Waals surface area contributed by atoms with Crippen LogP contribution in [0.25, 0.3) is 0 Å². The van der Waals surface area contributed by atoms with Gasteiger partial charge in [0.2, 0.25) is 0 Å². The maximum absolute atomic E-state index is 10.3. The molecule has 0 atom stereocenters. The summed E-state index contributed by atoms with van der Waals surface area (Å²) in [6.07, 6.45) is 0.425. The largest absolute Gasteiger partial charge is 0.396 e. The Labute approximate surface area is 67.3 Å². The van der Waals surface area contributed by atoms with Crippen molar-refractivity contribution in [2.75, 3.05) is 6.61 Å². The Balaban J connectivity index is 3.39. The van der Waals surface area contributed by atoms with Crippen molar-refractivity contribution in [1.29, 1.82) is 0 Å². The lowest BCUT2D eigenvalue weighted by molar-refractivity contribution is 0.263. The third-order valence-electron chi connectivity index (χ3n) is 0.689. The van der Waals surface area contributed by atoms with E-state index in [1.54, 1.807) is 22.6 Å². The first kappa shape index (κ1) is 8.90. The van der Waals surface area contributed by atoms with E-state index >= 15 is 0 Å². The van der Waals surface area contributed by atoms with E-state index in [1.807, 2.05) is 0 Å². The summed E-state index contributed by atoms with van der Waals surface area (Å²) < 4.78 is -0.175. The van der Waals surface area contributed by atoms with E-state index in [4.69, 9.17) is 5.11 Å². The van der Waals surface area contributed by atoms with E-state index in [2.05, 4.69) is 11.9 Å². The molecule has 3 nitrogen and oxygen atoms in total. The Morgan fingerprint density at radius 1 is 1.78 bits per heavy atom. The minimum atomic E-state index is -0.175. The second-order valence-electron chi connectivity index (χ2n) is 1.48. The summed E-state index contributed by atoms with van der Waals surface area (Å²) in [4.78, 5) is 10.3. The van der Waals surface area contributed by atoms with Gasteiger partial charge in [-0.3, -0.25) is 4.79 Å². The van der Waals surface area contributed by atoms with Crippen molar-refractivity contribution < 1.29 is 9.90 Å². The standard InChI is InChI=1S/C5H8INO2/c1-4(2-3-8)7-5(6)9/h8H,1-3H2,(H,7,9). The molecule has 0 saturated carbocycles. The molecule has 2 N–H and O–H groups in total. The summed E-state index contributed by atoms with van der Waals surface area (Å²) in [7, 11) is 0. The second-order valence-corrected chi connectivity index (χ2v) is 2.46. The molecule has 0 radical (unpaired) electrons. The zero-order valence-electron chi connectivity index (χ0n) is 4.85. The molecular weight excluding hydrogens is 233 g/mol. The van der Waals surface area contributed by atoms with Crippen molar-refractivity contribution in [3.8, 4) is 0 Å². The molecule has 0 aromatic heterocycles. The van der Waals surface area contributed by atoms with E-state index in [1.165, 1.54) is 0 Å². The van der Waals surface area contributed by atoms with E-state index in [-0.39, 0.29) is 10.5 Å². The molecule has 0 unspecified atom stereocenters. The van der Waals surface area contributed by atoms with Crippen LogP contribution in [0.4, 0.5) is 4.79 Å². The van der Waals surface area contributed by atoms with Gasteiger partial charge in [0.1, 0.15) is 0 Å². The maximum atomic E-state index is 10.3. The zero-order valence-corrected chi connectivity index (χ0v) is 7.01. The summed E-state index contributed by atoms with van der Waals surface area (Å²) in [6.45, 7) is 3.51. The van der Waals surface area contributed by atoms with Crippen LogP contribution < -0.4 is 5.32 Å². The molecule has 0 saturated heterocycles. The normalized spacial score (nSPS) is 8.67. The number of carbonyl (C=O) groups is 1. The van der Waals surface area contributed by atoms with Crippen LogP contribution in [0.5, 0.6) is 0 Å². The highest BCUT2D eigenvalue weighted by atomic mass is 127. The molecule has 9 heavy (non-hydrogen) atoms. The van der Waals surface area contributed by atoms with Crippen LogP contribution in [0, 0.1) is 0 Å². The van der Waals surface area contributed by atoms with Gasteiger partial charge in [-0.05, 0) is 0 Å². The van der Waals surface area contributed by atoms with Crippen LogP contribution in [-0.2, 0) is 0 Å². The van der Waals surface area contributed by atoms with Gasteiger partial charge >= 0.3 is 0 Å². The fourth-order valence-electron chi connectivity index (χ4n) is 0.336. The quantitative estimate of drug-likeness (QED) is 0.440. The molecule has 0 aliphatic carbocycles. The number of rotatable bonds is 3. The summed E-state index contributed by atoms with van der Waals surface area (Å²) in [5, 5.41) is 10.8. The Bertz CT molecular complexity index is 124. The molecule has 0 aliphatic heterocycles. The molecule has 0 bridgehead atoms. The molecule has 0 aromatic carbocycles. The smallest absolute Gasteiger partial charge is 0.284 e. The fourth-order valence-corrected chi connectivity index (χ4v) is 0.718. The third-order valence-corrected chi connectivity index (χ3v) is 0.958. The van der Waals surface area contributed by atoms with Crippen LogP contribution in [0.3, 0.4) is 0 Å². The number of nitrogens with one attached hydrogen (secondary N) is 1. The van der Waals surface area contributed by atoms with Gasteiger partial charge in [0, 0.05) is 41.3 Å². The highest BCUT2D eigenvalue weighted by molar-refractivity contribution is 14.1. The average molecular weight is 241 g/mol. The minimum Gasteiger partial charge on any atom is -0.396 e.